The Hall–Kier alpha value is -4.60. The van der Waals surface area contributed by atoms with Crippen LogP contribution in [0.2, 0.25) is 5.02 Å². The van der Waals surface area contributed by atoms with Gasteiger partial charge in [-0.1, -0.05) is 17.7 Å². The lowest BCUT2D eigenvalue weighted by Crippen LogP contribution is -2.34. The minimum atomic E-state index is -1.10. The van der Waals surface area contributed by atoms with Gasteiger partial charge in [0, 0.05) is 47.0 Å². The number of amides is 1. The molecule has 0 fully saturated rings. The SMILES string of the molecule is CO.COc1cn(C(Cc2cc(F)ccc2C)C(=O)Nc2ccc(C=O)cc2)c(=O)cc1-c1cc(Cl)ccc1C(C)=O. The van der Waals surface area contributed by atoms with Crippen LogP contribution in [0.1, 0.15) is 44.8 Å². The third-order valence-electron chi connectivity index (χ3n) is 6.59. The standard InChI is InChI=1S/C31H26ClFN2O5.CH4O/c1-18-4-8-23(33)12-21(18)13-28(31(39)34-24-9-5-20(17-36)6-10-24)35-16-29(40-3)27(15-30(35)38)26-14-22(32)7-11-25(26)19(2)37;1-2/h4-12,14-17,28H,13H2,1-3H3,(H,34,39);2H,1H3. The van der Waals surface area contributed by atoms with Crippen LogP contribution in [0, 0.1) is 12.7 Å². The van der Waals surface area contributed by atoms with Gasteiger partial charge in [-0.2, -0.15) is 0 Å². The first-order valence-electron chi connectivity index (χ1n) is 12.8. The molecule has 1 unspecified atom stereocenters. The molecule has 0 aliphatic heterocycles. The molecule has 218 valence electrons. The summed E-state index contributed by atoms with van der Waals surface area (Å²) in [5.74, 6) is -1.00. The van der Waals surface area contributed by atoms with E-state index < -0.39 is 23.3 Å². The summed E-state index contributed by atoms with van der Waals surface area (Å²) in [6, 6.07) is 15.4. The molecule has 4 aromatic rings. The Labute approximate surface area is 247 Å². The van der Waals surface area contributed by atoms with Gasteiger partial charge in [0.2, 0.25) is 5.91 Å². The Morgan fingerprint density at radius 1 is 1.05 bits per heavy atom. The summed E-state index contributed by atoms with van der Waals surface area (Å²) in [5.41, 5.74) is 2.70. The van der Waals surface area contributed by atoms with Gasteiger partial charge in [-0.15, -0.1) is 0 Å². The minimum absolute atomic E-state index is 0.000116. The maximum Gasteiger partial charge on any atom is 0.252 e. The number of carbonyl (C=O) groups excluding carboxylic acids is 3. The summed E-state index contributed by atoms with van der Waals surface area (Å²) in [7, 11) is 2.41. The topological polar surface area (TPSA) is 115 Å². The molecule has 0 bridgehead atoms. The third-order valence-corrected chi connectivity index (χ3v) is 6.83. The van der Waals surface area contributed by atoms with E-state index in [9.17, 15) is 23.6 Å². The van der Waals surface area contributed by atoms with Crippen LogP contribution in [-0.4, -0.2) is 41.9 Å². The maximum absolute atomic E-state index is 14.1. The van der Waals surface area contributed by atoms with Crippen molar-refractivity contribution >= 4 is 35.3 Å². The van der Waals surface area contributed by atoms with Crippen molar-refractivity contribution in [2.45, 2.75) is 26.3 Å². The first kappa shape index (κ1) is 31.9. The van der Waals surface area contributed by atoms with Crippen molar-refractivity contribution in [2.75, 3.05) is 19.5 Å². The van der Waals surface area contributed by atoms with Crippen LogP contribution in [0.25, 0.3) is 11.1 Å². The highest BCUT2D eigenvalue weighted by molar-refractivity contribution is 6.31. The van der Waals surface area contributed by atoms with Gasteiger partial charge >= 0.3 is 0 Å². The Kier molecular flexibility index (Phi) is 10.9. The molecule has 3 aromatic carbocycles. The van der Waals surface area contributed by atoms with Crippen molar-refractivity contribution in [3.8, 4) is 16.9 Å². The van der Waals surface area contributed by atoms with Crippen molar-refractivity contribution < 1.29 is 28.6 Å². The van der Waals surface area contributed by atoms with Gasteiger partial charge in [-0.05, 0) is 85.1 Å². The number of nitrogens with zero attached hydrogens (tertiary/aromatic N) is 1. The molecule has 1 atom stereocenters. The molecule has 1 amide bonds. The number of aliphatic hydroxyl groups is 1. The Morgan fingerprint density at radius 2 is 1.74 bits per heavy atom. The van der Waals surface area contributed by atoms with E-state index in [4.69, 9.17) is 21.4 Å². The van der Waals surface area contributed by atoms with Crippen molar-refractivity contribution in [3.05, 3.63) is 116 Å². The molecule has 10 heteroatoms. The average molecular weight is 593 g/mol. The van der Waals surface area contributed by atoms with Gasteiger partial charge in [-0.3, -0.25) is 23.7 Å². The lowest BCUT2D eigenvalue weighted by molar-refractivity contribution is -0.119. The third kappa shape index (κ3) is 7.37. The van der Waals surface area contributed by atoms with E-state index in [2.05, 4.69) is 5.32 Å². The van der Waals surface area contributed by atoms with Crippen molar-refractivity contribution in [3.63, 3.8) is 0 Å². The molecule has 8 nitrogen and oxygen atoms in total. The number of aliphatic hydroxyl groups excluding tert-OH is 1. The summed E-state index contributed by atoms with van der Waals surface area (Å²) in [6.45, 7) is 3.19. The molecule has 2 N–H and O–H groups in total. The molecule has 0 spiro atoms. The zero-order chi connectivity index (χ0) is 31.0. The monoisotopic (exact) mass is 592 g/mol. The number of aryl methyl sites for hydroxylation is 1. The molecule has 42 heavy (non-hydrogen) atoms. The molecule has 0 aliphatic rings. The van der Waals surface area contributed by atoms with Crippen molar-refractivity contribution in [1.29, 1.82) is 0 Å². The molecule has 1 heterocycles. The fraction of sp³-hybridized carbons (Fsp3) is 0.188. The highest BCUT2D eigenvalue weighted by Gasteiger charge is 2.26. The first-order chi connectivity index (χ1) is 20.1. The van der Waals surface area contributed by atoms with Crippen LogP contribution in [0.15, 0.2) is 77.7 Å². The van der Waals surface area contributed by atoms with Crippen LogP contribution >= 0.6 is 11.6 Å². The van der Waals surface area contributed by atoms with E-state index in [1.54, 1.807) is 55.5 Å². The second-order valence-electron chi connectivity index (χ2n) is 9.27. The number of rotatable bonds is 9. The number of pyridine rings is 1. The average Bonchev–Trinajstić information content (AvgIpc) is 2.98. The van der Waals surface area contributed by atoms with Gasteiger partial charge in [-0.25, -0.2) is 4.39 Å². The molecule has 4 rings (SSSR count). The Balaban J connectivity index is 0.00000237. The van der Waals surface area contributed by atoms with E-state index >= 15 is 0 Å². The summed E-state index contributed by atoms with van der Waals surface area (Å²) in [6.07, 6.45) is 2.09. The fourth-order valence-electron chi connectivity index (χ4n) is 4.45. The molecule has 0 saturated heterocycles. The van der Waals surface area contributed by atoms with E-state index in [0.29, 0.717) is 44.8 Å². The normalized spacial score (nSPS) is 11.1. The van der Waals surface area contributed by atoms with E-state index in [0.717, 1.165) is 12.7 Å². The number of ketones is 1. The number of carbonyl (C=O) groups is 3. The molecule has 1 aromatic heterocycles. The second kappa shape index (κ2) is 14.3. The second-order valence-corrected chi connectivity index (χ2v) is 9.70. The zero-order valence-corrected chi connectivity index (χ0v) is 24.2. The Bertz CT molecular complexity index is 1670. The fourth-order valence-corrected chi connectivity index (χ4v) is 4.62. The zero-order valence-electron chi connectivity index (χ0n) is 23.5. The summed E-state index contributed by atoms with van der Waals surface area (Å²) >= 11 is 6.21. The van der Waals surface area contributed by atoms with Gasteiger partial charge in [0.05, 0.1) is 13.3 Å². The number of methoxy groups -OCH3 is 1. The minimum Gasteiger partial charge on any atom is -0.495 e. The van der Waals surface area contributed by atoms with Crippen molar-refractivity contribution in [2.24, 2.45) is 0 Å². The van der Waals surface area contributed by atoms with Crippen LogP contribution in [0.4, 0.5) is 10.1 Å². The summed E-state index contributed by atoms with van der Waals surface area (Å²) < 4.78 is 21.0. The van der Waals surface area contributed by atoms with Crippen LogP contribution in [0.5, 0.6) is 5.75 Å². The van der Waals surface area contributed by atoms with E-state index in [-0.39, 0.29) is 18.0 Å². The number of aromatic nitrogens is 1. The Morgan fingerprint density at radius 3 is 2.36 bits per heavy atom. The number of aldehydes is 1. The predicted octanol–water partition coefficient (Wildman–Crippen LogP) is 5.67. The molecule has 0 aliphatic carbocycles. The first-order valence-corrected chi connectivity index (χ1v) is 13.2. The van der Waals surface area contributed by atoms with Crippen molar-refractivity contribution in [1.82, 2.24) is 4.57 Å². The highest BCUT2D eigenvalue weighted by Crippen LogP contribution is 2.34. The lowest BCUT2D eigenvalue weighted by Gasteiger charge is -2.22. The van der Waals surface area contributed by atoms with Gasteiger partial charge in [0.1, 0.15) is 23.9 Å². The van der Waals surface area contributed by atoms with Gasteiger partial charge < -0.3 is 15.2 Å². The van der Waals surface area contributed by atoms with Crippen LogP contribution < -0.4 is 15.6 Å². The number of anilines is 1. The summed E-state index contributed by atoms with van der Waals surface area (Å²) in [5, 5.41) is 10.1. The number of halogens is 2. The lowest BCUT2D eigenvalue weighted by atomic mass is 9.96. The molecule has 0 saturated carbocycles. The number of benzene rings is 3. The van der Waals surface area contributed by atoms with E-state index in [1.807, 2.05) is 0 Å². The predicted molar refractivity (Wildman–Crippen MR) is 160 cm³/mol. The smallest absolute Gasteiger partial charge is 0.252 e. The molecular weight excluding hydrogens is 563 g/mol. The van der Waals surface area contributed by atoms with Crippen LogP contribution in [0.3, 0.4) is 0 Å². The summed E-state index contributed by atoms with van der Waals surface area (Å²) in [4.78, 5) is 50.5. The number of nitrogens with one attached hydrogen (secondary N) is 1. The van der Waals surface area contributed by atoms with Crippen LogP contribution in [-0.2, 0) is 11.2 Å². The molecule has 0 radical (unpaired) electrons. The van der Waals surface area contributed by atoms with Gasteiger partial charge in [0.25, 0.3) is 5.56 Å². The highest BCUT2D eigenvalue weighted by atomic mass is 35.5. The number of hydrogen-bond acceptors (Lipinski definition) is 6. The number of ether oxygens (including phenoxy) is 1. The maximum atomic E-state index is 14.1. The largest absolute Gasteiger partial charge is 0.495 e. The molecular formula is C32H30ClFN2O6. The number of Topliss-reactive ketones (excluding diaryl/α,β-unsaturated/α-hetero) is 1. The quantitative estimate of drug-likeness (QED) is 0.191. The number of hydrogen-bond donors (Lipinski definition) is 2. The van der Waals surface area contributed by atoms with E-state index in [1.165, 1.54) is 43.0 Å². The van der Waals surface area contributed by atoms with Gasteiger partial charge in [0.15, 0.2) is 5.78 Å².